The monoisotopic (exact) mass is 298 g/mol. The average Bonchev–Trinajstić information content (AvgIpc) is 2.40. The summed E-state index contributed by atoms with van der Waals surface area (Å²) in [5, 5.41) is 3.22. The summed E-state index contributed by atoms with van der Waals surface area (Å²) in [7, 11) is 0. The van der Waals surface area contributed by atoms with Gasteiger partial charge in [-0.15, -0.1) is 0 Å². The van der Waals surface area contributed by atoms with Crippen LogP contribution in [0.25, 0.3) is 0 Å². The van der Waals surface area contributed by atoms with E-state index < -0.39 is 11.7 Å². The molecule has 0 bridgehead atoms. The van der Waals surface area contributed by atoms with Crippen LogP contribution in [0.2, 0.25) is 10.2 Å². The Bertz CT molecular complexity index is 602. The summed E-state index contributed by atoms with van der Waals surface area (Å²) in [4.78, 5) is 15.4. The van der Waals surface area contributed by atoms with Gasteiger partial charge >= 0.3 is 0 Å². The highest BCUT2D eigenvalue weighted by molar-refractivity contribution is 6.32. The van der Waals surface area contributed by atoms with Crippen LogP contribution in [0.4, 0.5) is 4.39 Å². The molecule has 0 fully saturated rings. The minimum atomic E-state index is -0.610. The Hall–Kier alpha value is -1.65. The van der Waals surface area contributed by atoms with Crippen molar-refractivity contribution in [3.05, 3.63) is 63.6 Å². The maximum absolute atomic E-state index is 13.0. The van der Waals surface area contributed by atoms with E-state index in [2.05, 4.69) is 10.3 Å². The second-order valence-corrected chi connectivity index (χ2v) is 4.60. The van der Waals surface area contributed by atoms with E-state index in [1.165, 1.54) is 0 Å². The molecule has 0 radical (unpaired) electrons. The lowest BCUT2D eigenvalue weighted by Crippen LogP contribution is -2.23. The molecular weight excluding hydrogens is 290 g/mol. The zero-order valence-corrected chi connectivity index (χ0v) is 11.2. The van der Waals surface area contributed by atoms with Gasteiger partial charge in [-0.3, -0.25) is 4.79 Å². The Morgan fingerprint density at radius 2 is 1.95 bits per heavy atom. The maximum atomic E-state index is 13.0. The number of benzene rings is 1. The van der Waals surface area contributed by atoms with Gasteiger partial charge in [-0.2, -0.15) is 0 Å². The van der Waals surface area contributed by atoms with E-state index in [9.17, 15) is 9.18 Å². The van der Waals surface area contributed by atoms with Crippen molar-refractivity contribution in [2.24, 2.45) is 0 Å². The fourth-order valence-electron chi connectivity index (χ4n) is 1.46. The number of nitrogens with zero attached hydrogens (tertiary/aromatic N) is 1. The SMILES string of the molecule is O=C(NCc1ccc(Cl)cc1)c1cc(F)cnc1Cl. The van der Waals surface area contributed by atoms with E-state index >= 15 is 0 Å². The van der Waals surface area contributed by atoms with Gasteiger partial charge < -0.3 is 5.32 Å². The Labute approximate surface area is 119 Å². The van der Waals surface area contributed by atoms with Gasteiger partial charge in [0.1, 0.15) is 11.0 Å². The third kappa shape index (κ3) is 3.66. The molecule has 2 rings (SSSR count). The molecule has 0 saturated heterocycles. The van der Waals surface area contributed by atoms with Gasteiger partial charge in [0.15, 0.2) is 0 Å². The summed E-state index contributed by atoms with van der Waals surface area (Å²) in [6, 6.07) is 8.06. The predicted octanol–water partition coefficient (Wildman–Crippen LogP) is 3.46. The molecule has 1 aromatic heterocycles. The summed E-state index contributed by atoms with van der Waals surface area (Å²) in [5.74, 6) is -1.09. The van der Waals surface area contributed by atoms with Gasteiger partial charge in [0.25, 0.3) is 5.91 Å². The van der Waals surface area contributed by atoms with Gasteiger partial charge in [0.05, 0.1) is 11.8 Å². The van der Waals surface area contributed by atoms with Gasteiger partial charge in [-0.25, -0.2) is 9.37 Å². The molecule has 0 aliphatic heterocycles. The molecule has 1 amide bonds. The molecule has 1 aromatic carbocycles. The van der Waals surface area contributed by atoms with Crippen molar-refractivity contribution < 1.29 is 9.18 Å². The fourth-order valence-corrected chi connectivity index (χ4v) is 1.78. The zero-order chi connectivity index (χ0) is 13.8. The van der Waals surface area contributed by atoms with Crippen LogP contribution in [0, 0.1) is 5.82 Å². The quantitative estimate of drug-likeness (QED) is 0.882. The van der Waals surface area contributed by atoms with Crippen LogP contribution in [0.1, 0.15) is 15.9 Å². The number of pyridine rings is 1. The third-order valence-corrected chi connectivity index (χ3v) is 2.97. The number of carbonyl (C=O) groups is 1. The van der Waals surface area contributed by atoms with Crippen LogP contribution in [0.5, 0.6) is 0 Å². The van der Waals surface area contributed by atoms with Crippen molar-refractivity contribution >= 4 is 29.1 Å². The van der Waals surface area contributed by atoms with Crippen molar-refractivity contribution in [3.8, 4) is 0 Å². The van der Waals surface area contributed by atoms with Crippen molar-refractivity contribution in [2.45, 2.75) is 6.54 Å². The molecule has 19 heavy (non-hydrogen) atoms. The highest BCUT2D eigenvalue weighted by Gasteiger charge is 2.12. The van der Waals surface area contributed by atoms with Crippen molar-refractivity contribution in [2.75, 3.05) is 0 Å². The number of carbonyl (C=O) groups excluding carboxylic acids is 1. The van der Waals surface area contributed by atoms with Crippen LogP contribution >= 0.6 is 23.2 Å². The van der Waals surface area contributed by atoms with Crippen LogP contribution in [0.15, 0.2) is 36.5 Å². The minimum absolute atomic E-state index is 0.00984. The first-order chi connectivity index (χ1) is 9.06. The molecule has 98 valence electrons. The lowest BCUT2D eigenvalue weighted by atomic mass is 10.2. The Morgan fingerprint density at radius 1 is 1.26 bits per heavy atom. The number of amides is 1. The van der Waals surface area contributed by atoms with Crippen LogP contribution in [-0.2, 0) is 6.54 Å². The summed E-state index contributed by atoms with van der Waals surface area (Å²) >= 11 is 11.5. The average molecular weight is 299 g/mol. The van der Waals surface area contributed by atoms with E-state index in [1.54, 1.807) is 24.3 Å². The summed E-state index contributed by atoms with van der Waals surface area (Å²) in [6.07, 6.45) is 0.957. The predicted molar refractivity (Wildman–Crippen MR) is 71.8 cm³/mol. The summed E-state index contributed by atoms with van der Waals surface area (Å²) < 4.78 is 13.0. The summed E-state index contributed by atoms with van der Waals surface area (Å²) in [6.45, 7) is 0.294. The minimum Gasteiger partial charge on any atom is -0.348 e. The lowest BCUT2D eigenvalue weighted by molar-refractivity contribution is 0.0950. The van der Waals surface area contributed by atoms with E-state index in [-0.39, 0.29) is 10.7 Å². The van der Waals surface area contributed by atoms with E-state index in [0.717, 1.165) is 17.8 Å². The molecule has 0 aliphatic carbocycles. The number of hydrogen-bond acceptors (Lipinski definition) is 2. The molecule has 0 aliphatic rings. The second kappa shape index (κ2) is 5.99. The largest absolute Gasteiger partial charge is 0.348 e. The number of nitrogens with one attached hydrogen (secondary N) is 1. The number of aromatic nitrogens is 1. The van der Waals surface area contributed by atoms with Crippen molar-refractivity contribution in [1.82, 2.24) is 10.3 Å². The van der Waals surface area contributed by atoms with Gasteiger partial charge in [0, 0.05) is 11.6 Å². The van der Waals surface area contributed by atoms with Gasteiger partial charge in [-0.05, 0) is 23.8 Å². The summed E-state index contributed by atoms with van der Waals surface area (Å²) in [5.41, 5.74) is 0.883. The highest BCUT2D eigenvalue weighted by atomic mass is 35.5. The highest BCUT2D eigenvalue weighted by Crippen LogP contribution is 2.14. The number of halogens is 3. The normalized spacial score (nSPS) is 10.3. The van der Waals surface area contributed by atoms with Crippen LogP contribution in [-0.4, -0.2) is 10.9 Å². The van der Waals surface area contributed by atoms with E-state index in [1.807, 2.05) is 0 Å². The number of rotatable bonds is 3. The Morgan fingerprint density at radius 3 is 2.63 bits per heavy atom. The molecule has 0 unspecified atom stereocenters. The molecule has 3 nitrogen and oxygen atoms in total. The van der Waals surface area contributed by atoms with Gasteiger partial charge in [0.2, 0.25) is 0 Å². The zero-order valence-electron chi connectivity index (χ0n) is 9.66. The topological polar surface area (TPSA) is 42.0 Å². The Balaban J connectivity index is 2.05. The lowest BCUT2D eigenvalue weighted by Gasteiger charge is -2.06. The van der Waals surface area contributed by atoms with E-state index in [4.69, 9.17) is 23.2 Å². The standard InChI is InChI=1S/C13H9Cl2FN2O/c14-9-3-1-8(2-4-9)6-18-13(19)11-5-10(16)7-17-12(11)15/h1-5,7H,6H2,(H,18,19). The second-order valence-electron chi connectivity index (χ2n) is 3.80. The maximum Gasteiger partial charge on any atom is 0.254 e. The molecule has 1 N–H and O–H groups in total. The van der Waals surface area contributed by atoms with Crippen LogP contribution < -0.4 is 5.32 Å². The van der Waals surface area contributed by atoms with Crippen molar-refractivity contribution in [1.29, 1.82) is 0 Å². The first kappa shape index (κ1) is 13.8. The van der Waals surface area contributed by atoms with Gasteiger partial charge in [-0.1, -0.05) is 35.3 Å². The molecule has 0 spiro atoms. The molecule has 1 heterocycles. The smallest absolute Gasteiger partial charge is 0.254 e. The molecule has 0 saturated carbocycles. The molecular formula is C13H9Cl2FN2O. The fraction of sp³-hybridized carbons (Fsp3) is 0.0769. The molecule has 0 atom stereocenters. The third-order valence-electron chi connectivity index (χ3n) is 2.42. The van der Waals surface area contributed by atoms with E-state index in [0.29, 0.717) is 11.6 Å². The molecule has 6 heteroatoms. The first-order valence-corrected chi connectivity index (χ1v) is 6.15. The first-order valence-electron chi connectivity index (χ1n) is 5.40. The number of hydrogen-bond donors (Lipinski definition) is 1. The van der Waals surface area contributed by atoms with Crippen LogP contribution in [0.3, 0.4) is 0 Å². The Kier molecular flexibility index (Phi) is 4.35. The molecule has 2 aromatic rings. The van der Waals surface area contributed by atoms with Crippen molar-refractivity contribution in [3.63, 3.8) is 0 Å².